The van der Waals surface area contributed by atoms with Gasteiger partial charge in [0.15, 0.2) is 16.9 Å². The number of aromatic hydroxyl groups is 2. The van der Waals surface area contributed by atoms with E-state index in [4.69, 9.17) is 5.73 Å². The molecule has 4 N–H and O–H groups in total. The fraction of sp³-hybridized carbons (Fsp3) is 0.231. The fourth-order valence-corrected chi connectivity index (χ4v) is 2.08. The lowest BCUT2D eigenvalue weighted by atomic mass is 10.1. The van der Waals surface area contributed by atoms with Gasteiger partial charge in [-0.25, -0.2) is 0 Å². The summed E-state index contributed by atoms with van der Waals surface area (Å²) in [5.74, 6) is -1.47. The number of aromatic nitrogens is 1. The van der Waals surface area contributed by atoms with E-state index in [0.717, 1.165) is 0 Å². The Morgan fingerprint density at radius 3 is 2.63 bits per heavy atom. The highest BCUT2D eigenvalue weighted by atomic mass is 16.3. The first-order valence-electron chi connectivity index (χ1n) is 5.81. The monoisotopic (exact) mass is 262 g/mol. The van der Waals surface area contributed by atoms with Crippen LogP contribution in [0.5, 0.6) is 11.5 Å². The number of phenolic OH excluding ortho intramolecular Hbond substituents is 2. The Bertz CT molecular complexity index is 719. The zero-order valence-electron chi connectivity index (χ0n) is 10.4. The molecule has 0 aliphatic heterocycles. The van der Waals surface area contributed by atoms with Gasteiger partial charge < -0.3 is 20.5 Å². The summed E-state index contributed by atoms with van der Waals surface area (Å²) in [6, 6.07) is 2.86. The molecule has 1 amide bonds. The van der Waals surface area contributed by atoms with E-state index in [9.17, 15) is 19.8 Å². The van der Waals surface area contributed by atoms with Crippen LogP contribution in [0.25, 0.3) is 10.9 Å². The number of fused-ring (bicyclic) bond motifs is 1. The molecule has 6 nitrogen and oxygen atoms in total. The van der Waals surface area contributed by atoms with Gasteiger partial charge in [-0.2, -0.15) is 0 Å². The number of phenols is 2. The van der Waals surface area contributed by atoms with Crippen LogP contribution in [-0.2, 0) is 17.8 Å². The normalized spacial score (nSPS) is 10.8. The molecular formula is C13H14N2O4. The molecule has 0 aliphatic rings. The van der Waals surface area contributed by atoms with Crippen LogP contribution in [0, 0.1) is 0 Å². The van der Waals surface area contributed by atoms with Crippen LogP contribution in [0.15, 0.2) is 23.1 Å². The quantitative estimate of drug-likeness (QED) is 0.699. The molecule has 100 valence electrons. The Kier molecular flexibility index (Phi) is 3.16. The van der Waals surface area contributed by atoms with E-state index >= 15 is 0 Å². The van der Waals surface area contributed by atoms with E-state index in [1.54, 1.807) is 16.8 Å². The third-order valence-electron chi connectivity index (χ3n) is 2.98. The van der Waals surface area contributed by atoms with Crippen LogP contribution in [0.1, 0.15) is 12.5 Å². The SMILES string of the molecule is CCn1cc(CC(N)=O)c(=O)c2c(O)c(O)ccc21. The van der Waals surface area contributed by atoms with Crippen molar-refractivity contribution < 1.29 is 15.0 Å². The smallest absolute Gasteiger partial charge is 0.222 e. The van der Waals surface area contributed by atoms with Gasteiger partial charge in [0, 0.05) is 18.3 Å². The predicted molar refractivity (Wildman–Crippen MR) is 70.1 cm³/mol. The number of nitrogens with zero attached hydrogens (tertiary/aromatic N) is 1. The first-order chi connectivity index (χ1) is 8.95. The molecule has 1 aromatic carbocycles. The number of rotatable bonds is 3. The lowest BCUT2D eigenvalue weighted by Gasteiger charge is -2.12. The van der Waals surface area contributed by atoms with E-state index in [-0.39, 0.29) is 23.1 Å². The number of aryl methyl sites for hydroxylation is 1. The molecule has 0 radical (unpaired) electrons. The van der Waals surface area contributed by atoms with Crippen molar-refractivity contribution in [1.29, 1.82) is 0 Å². The highest BCUT2D eigenvalue weighted by Gasteiger charge is 2.15. The Hall–Kier alpha value is -2.50. The molecule has 0 unspecified atom stereocenters. The van der Waals surface area contributed by atoms with Crippen molar-refractivity contribution in [2.75, 3.05) is 0 Å². The Morgan fingerprint density at radius 1 is 1.37 bits per heavy atom. The Labute approximate surface area is 108 Å². The van der Waals surface area contributed by atoms with Crippen LogP contribution in [0.3, 0.4) is 0 Å². The van der Waals surface area contributed by atoms with Crippen molar-refractivity contribution in [3.05, 3.63) is 34.1 Å². The number of primary amides is 1. The molecule has 1 heterocycles. The largest absolute Gasteiger partial charge is 0.504 e. The number of amides is 1. The van der Waals surface area contributed by atoms with E-state index in [0.29, 0.717) is 12.1 Å². The van der Waals surface area contributed by atoms with Crippen LogP contribution in [-0.4, -0.2) is 20.7 Å². The Morgan fingerprint density at radius 2 is 2.05 bits per heavy atom. The molecule has 1 aromatic heterocycles. The molecule has 0 fully saturated rings. The summed E-state index contributed by atoms with van der Waals surface area (Å²) in [6.07, 6.45) is 1.34. The van der Waals surface area contributed by atoms with Crippen LogP contribution < -0.4 is 11.2 Å². The molecule has 2 rings (SSSR count). The minimum Gasteiger partial charge on any atom is -0.504 e. The van der Waals surface area contributed by atoms with Gasteiger partial charge in [0.1, 0.15) is 0 Å². The van der Waals surface area contributed by atoms with Crippen LogP contribution in [0.4, 0.5) is 0 Å². The number of hydrogen-bond donors (Lipinski definition) is 3. The van der Waals surface area contributed by atoms with Gasteiger partial charge in [-0.15, -0.1) is 0 Å². The topological polar surface area (TPSA) is 106 Å². The number of hydrogen-bond acceptors (Lipinski definition) is 4. The summed E-state index contributed by atoms with van der Waals surface area (Å²) >= 11 is 0. The Balaban J connectivity index is 2.89. The molecule has 2 aromatic rings. The molecule has 0 atom stereocenters. The molecule has 0 bridgehead atoms. The van der Waals surface area contributed by atoms with Gasteiger partial charge in [-0.05, 0) is 19.1 Å². The molecule has 0 saturated heterocycles. The summed E-state index contributed by atoms with van der Waals surface area (Å²) in [7, 11) is 0. The number of carbonyl (C=O) groups excluding carboxylic acids is 1. The van der Waals surface area contributed by atoms with E-state index in [1.807, 2.05) is 6.92 Å². The highest BCUT2D eigenvalue weighted by Crippen LogP contribution is 2.31. The minimum atomic E-state index is -0.626. The van der Waals surface area contributed by atoms with E-state index in [1.165, 1.54) is 6.07 Å². The summed E-state index contributed by atoms with van der Waals surface area (Å²) in [6.45, 7) is 2.41. The van der Waals surface area contributed by atoms with E-state index in [2.05, 4.69) is 0 Å². The van der Waals surface area contributed by atoms with Crippen molar-refractivity contribution in [2.45, 2.75) is 19.9 Å². The summed E-state index contributed by atoms with van der Waals surface area (Å²) in [4.78, 5) is 23.2. The third kappa shape index (κ3) is 2.12. The summed E-state index contributed by atoms with van der Waals surface area (Å²) in [5, 5.41) is 19.3. The van der Waals surface area contributed by atoms with Crippen molar-refractivity contribution in [1.82, 2.24) is 4.57 Å². The van der Waals surface area contributed by atoms with Crippen LogP contribution >= 0.6 is 0 Å². The molecular weight excluding hydrogens is 248 g/mol. The molecule has 0 saturated carbocycles. The maximum atomic E-state index is 12.2. The van der Waals surface area contributed by atoms with Gasteiger partial charge in [-0.1, -0.05) is 0 Å². The molecule has 0 aliphatic carbocycles. The molecule has 19 heavy (non-hydrogen) atoms. The zero-order valence-corrected chi connectivity index (χ0v) is 10.4. The predicted octanol–water partition coefficient (Wildman–Crippen LogP) is 0.460. The fourth-order valence-electron chi connectivity index (χ4n) is 2.08. The number of carbonyl (C=O) groups is 1. The summed E-state index contributed by atoms with van der Waals surface area (Å²) in [5.41, 5.74) is 5.30. The number of pyridine rings is 1. The van der Waals surface area contributed by atoms with Crippen LogP contribution in [0.2, 0.25) is 0 Å². The maximum Gasteiger partial charge on any atom is 0.222 e. The van der Waals surface area contributed by atoms with Crippen molar-refractivity contribution in [2.24, 2.45) is 5.73 Å². The molecule has 0 spiro atoms. The zero-order chi connectivity index (χ0) is 14.2. The minimum absolute atomic E-state index is 0.000556. The summed E-state index contributed by atoms with van der Waals surface area (Å²) < 4.78 is 1.72. The second kappa shape index (κ2) is 4.64. The second-order valence-electron chi connectivity index (χ2n) is 4.24. The van der Waals surface area contributed by atoms with Crippen molar-refractivity contribution in [3.63, 3.8) is 0 Å². The average Bonchev–Trinajstić information content (AvgIpc) is 2.36. The number of benzene rings is 1. The van der Waals surface area contributed by atoms with Crippen molar-refractivity contribution in [3.8, 4) is 11.5 Å². The van der Waals surface area contributed by atoms with Gasteiger partial charge in [-0.3, -0.25) is 9.59 Å². The molecule has 6 heteroatoms. The standard InChI is InChI=1S/C13H14N2O4/c1-2-15-6-7(5-10(14)17)12(18)11-8(15)3-4-9(16)13(11)19/h3-4,6,16,19H,2,5H2,1H3,(H2,14,17). The van der Waals surface area contributed by atoms with Gasteiger partial charge >= 0.3 is 0 Å². The number of nitrogens with two attached hydrogens (primary N) is 1. The van der Waals surface area contributed by atoms with Gasteiger partial charge in [0.25, 0.3) is 0 Å². The maximum absolute atomic E-state index is 12.2. The second-order valence-corrected chi connectivity index (χ2v) is 4.24. The highest BCUT2D eigenvalue weighted by molar-refractivity contribution is 5.89. The van der Waals surface area contributed by atoms with E-state index < -0.39 is 17.1 Å². The van der Waals surface area contributed by atoms with Gasteiger partial charge in [0.05, 0.1) is 17.3 Å². The third-order valence-corrected chi connectivity index (χ3v) is 2.98. The van der Waals surface area contributed by atoms with Gasteiger partial charge in [0.2, 0.25) is 5.91 Å². The van der Waals surface area contributed by atoms with Crippen molar-refractivity contribution >= 4 is 16.8 Å². The first kappa shape index (κ1) is 12.9. The lowest BCUT2D eigenvalue weighted by Crippen LogP contribution is -2.21. The lowest BCUT2D eigenvalue weighted by molar-refractivity contribution is -0.117. The first-order valence-corrected chi connectivity index (χ1v) is 5.81. The average molecular weight is 262 g/mol.